The van der Waals surface area contributed by atoms with Gasteiger partial charge in [0, 0.05) is 5.69 Å². The summed E-state index contributed by atoms with van der Waals surface area (Å²) in [6.07, 6.45) is -4.92. The predicted molar refractivity (Wildman–Crippen MR) is 67.2 cm³/mol. The molecular weight excluding hydrogens is 295 g/mol. The first kappa shape index (κ1) is 14.9. The Bertz CT molecular complexity index is 634. The zero-order chi connectivity index (χ0) is 15.6. The molecule has 2 rings (SSSR count). The second kappa shape index (κ2) is 5.47. The molecule has 8 heteroatoms. The largest absolute Gasteiger partial charge is 0.573 e. The molecule has 3 N–H and O–H groups in total. The lowest BCUT2D eigenvalue weighted by molar-refractivity contribution is -0.274. The zero-order valence-corrected chi connectivity index (χ0v) is 10.3. The Kier molecular flexibility index (Phi) is 3.88. The number of para-hydroxylation sites is 2. The van der Waals surface area contributed by atoms with Gasteiger partial charge in [-0.05, 0) is 24.3 Å². The van der Waals surface area contributed by atoms with Crippen LogP contribution in [0.3, 0.4) is 0 Å². The Hall–Kier alpha value is -2.51. The maximum atomic E-state index is 13.6. The van der Waals surface area contributed by atoms with Gasteiger partial charge in [-0.1, -0.05) is 12.1 Å². The van der Waals surface area contributed by atoms with E-state index >= 15 is 0 Å². The van der Waals surface area contributed by atoms with Crippen LogP contribution in [0.25, 0.3) is 0 Å². The highest BCUT2D eigenvalue weighted by molar-refractivity contribution is 5.68. The lowest BCUT2D eigenvalue weighted by Gasteiger charge is -2.15. The molecule has 0 amide bonds. The molecule has 0 aliphatic carbocycles. The summed E-state index contributed by atoms with van der Waals surface area (Å²) in [5, 5.41) is 2.23. The summed E-state index contributed by atoms with van der Waals surface area (Å²) in [7, 11) is 0. The number of alkyl halides is 3. The van der Waals surface area contributed by atoms with Crippen LogP contribution < -0.4 is 15.8 Å². The van der Waals surface area contributed by atoms with E-state index in [0.717, 1.165) is 18.2 Å². The maximum absolute atomic E-state index is 13.6. The van der Waals surface area contributed by atoms with Crippen LogP contribution in [0.5, 0.6) is 5.75 Å². The van der Waals surface area contributed by atoms with Gasteiger partial charge >= 0.3 is 6.36 Å². The van der Waals surface area contributed by atoms with Crippen molar-refractivity contribution in [2.45, 2.75) is 6.36 Å². The highest BCUT2D eigenvalue weighted by Crippen LogP contribution is 2.34. The summed E-state index contributed by atoms with van der Waals surface area (Å²) in [5.41, 5.74) is 4.25. The highest BCUT2D eigenvalue weighted by Gasteiger charge is 2.32. The smallest absolute Gasteiger partial charge is 0.404 e. The molecule has 21 heavy (non-hydrogen) atoms. The van der Waals surface area contributed by atoms with E-state index in [-0.39, 0.29) is 11.4 Å². The molecule has 0 heterocycles. The SMILES string of the molecule is Nc1cc(F)c(Nc2ccccc2OC(F)(F)F)c(F)c1. The number of nitrogen functional groups attached to an aromatic ring is 1. The van der Waals surface area contributed by atoms with Gasteiger partial charge in [0.15, 0.2) is 17.4 Å². The summed E-state index contributed by atoms with van der Waals surface area (Å²) in [6.45, 7) is 0. The van der Waals surface area contributed by atoms with Crippen LogP contribution in [0.15, 0.2) is 36.4 Å². The second-order valence-corrected chi connectivity index (χ2v) is 4.03. The van der Waals surface area contributed by atoms with E-state index in [2.05, 4.69) is 10.1 Å². The molecule has 0 radical (unpaired) electrons. The monoisotopic (exact) mass is 304 g/mol. The van der Waals surface area contributed by atoms with Crippen LogP contribution in [0, 0.1) is 11.6 Å². The van der Waals surface area contributed by atoms with Crippen LogP contribution >= 0.6 is 0 Å². The van der Waals surface area contributed by atoms with Crippen molar-refractivity contribution in [3.05, 3.63) is 48.0 Å². The quantitative estimate of drug-likeness (QED) is 0.660. The van der Waals surface area contributed by atoms with Gasteiger partial charge in [-0.15, -0.1) is 13.2 Å². The van der Waals surface area contributed by atoms with E-state index in [1.807, 2.05) is 0 Å². The van der Waals surface area contributed by atoms with Crippen LogP contribution in [0.2, 0.25) is 0 Å². The van der Waals surface area contributed by atoms with Gasteiger partial charge in [-0.2, -0.15) is 0 Å². The molecule has 0 unspecified atom stereocenters. The molecule has 0 atom stereocenters. The van der Waals surface area contributed by atoms with Crippen LogP contribution in [-0.2, 0) is 0 Å². The first-order chi connectivity index (χ1) is 9.76. The van der Waals surface area contributed by atoms with Crippen molar-refractivity contribution in [3.8, 4) is 5.75 Å². The minimum absolute atomic E-state index is 0.143. The summed E-state index contributed by atoms with van der Waals surface area (Å²) < 4.78 is 67.8. The molecule has 0 aliphatic heterocycles. The molecule has 0 saturated carbocycles. The van der Waals surface area contributed by atoms with Crippen molar-refractivity contribution in [1.29, 1.82) is 0 Å². The van der Waals surface area contributed by atoms with Crippen LogP contribution in [0.4, 0.5) is 39.0 Å². The minimum Gasteiger partial charge on any atom is -0.404 e. The average molecular weight is 304 g/mol. The van der Waals surface area contributed by atoms with E-state index in [1.54, 1.807) is 0 Å². The van der Waals surface area contributed by atoms with Crippen LogP contribution in [0.1, 0.15) is 0 Å². The number of nitrogens with two attached hydrogens (primary N) is 1. The number of rotatable bonds is 3. The molecule has 0 bridgehead atoms. The van der Waals surface area contributed by atoms with Gasteiger partial charge in [0.25, 0.3) is 0 Å². The van der Waals surface area contributed by atoms with E-state index in [0.29, 0.717) is 0 Å². The molecule has 2 aromatic rings. The van der Waals surface area contributed by atoms with Crippen molar-refractivity contribution < 1.29 is 26.7 Å². The molecule has 3 nitrogen and oxygen atoms in total. The third-order valence-electron chi connectivity index (χ3n) is 2.44. The Morgan fingerprint density at radius 3 is 2.14 bits per heavy atom. The highest BCUT2D eigenvalue weighted by atomic mass is 19.4. The van der Waals surface area contributed by atoms with Crippen molar-refractivity contribution >= 4 is 17.1 Å². The van der Waals surface area contributed by atoms with Crippen LogP contribution in [-0.4, -0.2) is 6.36 Å². The number of benzene rings is 2. The third kappa shape index (κ3) is 3.74. The van der Waals surface area contributed by atoms with Crippen molar-refractivity contribution in [1.82, 2.24) is 0 Å². The molecule has 0 aromatic heterocycles. The number of hydrogen-bond donors (Lipinski definition) is 2. The molecular formula is C13H9F5N2O. The standard InChI is InChI=1S/C13H9F5N2O/c14-8-5-7(19)6-9(15)12(8)20-10-3-1-2-4-11(10)21-13(16,17)18/h1-6,20H,19H2. The van der Waals surface area contributed by atoms with Gasteiger partial charge in [-0.3, -0.25) is 0 Å². The molecule has 0 spiro atoms. The normalized spacial score (nSPS) is 11.3. The van der Waals surface area contributed by atoms with E-state index in [1.165, 1.54) is 18.2 Å². The van der Waals surface area contributed by atoms with Crippen molar-refractivity contribution in [3.63, 3.8) is 0 Å². The molecule has 0 fully saturated rings. The summed E-state index contributed by atoms with van der Waals surface area (Å²) in [4.78, 5) is 0. The number of nitrogens with one attached hydrogen (secondary N) is 1. The lowest BCUT2D eigenvalue weighted by Crippen LogP contribution is -2.18. The van der Waals surface area contributed by atoms with Crippen molar-refractivity contribution in [2.75, 3.05) is 11.1 Å². The molecule has 2 aromatic carbocycles. The number of hydrogen-bond acceptors (Lipinski definition) is 3. The van der Waals surface area contributed by atoms with E-state index < -0.39 is 29.4 Å². The van der Waals surface area contributed by atoms with Gasteiger partial charge in [0.05, 0.1) is 5.69 Å². The van der Waals surface area contributed by atoms with Crippen molar-refractivity contribution in [2.24, 2.45) is 0 Å². The lowest BCUT2D eigenvalue weighted by atomic mass is 10.2. The number of ether oxygens (including phenoxy) is 1. The fourth-order valence-electron chi connectivity index (χ4n) is 1.63. The molecule has 112 valence electrons. The number of halogens is 5. The van der Waals surface area contributed by atoms with E-state index in [9.17, 15) is 22.0 Å². The Morgan fingerprint density at radius 1 is 1.00 bits per heavy atom. The summed E-state index contributed by atoms with van der Waals surface area (Å²) in [5.74, 6) is -2.68. The second-order valence-electron chi connectivity index (χ2n) is 4.03. The number of anilines is 3. The minimum atomic E-state index is -4.92. The third-order valence-corrected chi connectivity index (χ3v) is 2.44. The van der Waals surface area contributed by atoms with Gasteiger partial charge in [-0.25, -0.2) is 8.78 Å². The Labute approximate surface area is 116 Å². The van der Waals surface area contributed by atoms with Gasteiger partial charge < -0.3 is 15.8 Å². The Morgan fingerprint density at radius 2 is 1.57 bits per heavy atom. The van der Waals surface area contributed by atoms with Gasteiger partial charge in [0.2, 0.25) is 0 Å². The van der Waals surface area contributed by atoms with Gasteiger partial charge in [0.1, 0.15) is 5.69 Å². The first-order valence-corrected chi connectivity index (χ1v) is 5.62. The summed E-state index contributed by atoms with van der Waals surface area (Å²) in [6, 6.07) is 6.58. The fourth-order valence-corrected chi connectivity index (χ4v) is 1.63. The first-order valence-electron chi connectivity index (χ1n) is 5.62. The predicted octanol–water partition coefficient (Wildman–Crippen LogP) is 4.19. The Balaban J connectivity index is 2.37. The topological polar surface area (TPSA) is 47.3 Å². The average Bonchev–Trinajstić information content (AvgIpc) is 2.33. The van der Waals surface area contributed by atoms with E-state index in [4.69, 9.17) is 5.73 Å². The zero-order valence-electron chi connectivity index (χ0n) is 10.3. The maximum Gasteiger partial charge on any atom is 0.573 e. The molecule has 0 aliphatic rings. The summed E-state index contributed by atoms with van der Waals surface area (Å²) >= 11 is 0. The molecule has 0 saturated heterocycles. The fraction of sp³-hybridized carbons (Fsp3) is 0.0769.